The maximum absolute atomic E-state index is 12.6. The van der Waals surface area contributed by atoms with Crippen molar-refractivity contribution in [3.8, 4) is 5.75 Å². The summed E-state index contributed by atoms with van der Waals surface area (Å²) in [6.45, 7) is 9.02. The zero-order valence-corrected chi connectivity index (χ0v) is 16.7. The highest BCUT2D eigenvalue weighted by molar-refractivity contribution is 6.52. The molecule has 1 fully saturated rings. The molecule has 2 aliphatic rings. The molecule has 0 aliphatic carbocycles. The van der Waals surface area contributed by atoms with E-state index in [0.29, 0.717) is 24.8 Å². The van der Waals surface area contributed by atoms with Gasteiger partial charge >= 0.3 is 13.2 Å². The third kappa shape index (κ3) is 3.48. The monoisotopic (exact) mass is 383 g/mol. The van der Waals surface area contributed by atoms with Crippen molar-refractivity contribution in [1.82, 2.24) is 14.9 Å². The Labute approximate surface area is 164 Å². The van der Waals surface area contributed by atoms with Gasteiger partial charge in [-0.25, -0.2) is 9.78 Å². The number of amides is 1. The van der Waals surface area contributed by atoms with E-state index < -0.39 is 12.7 Å². The van der Waals surface area contributed by atoms with E-state index >= 15 is 0 Å². The molecule has 7 nitrogen and oxygen atoms in total. The maximum Gasteiger partial charge on any atom is 0.552 e. The van der Waals surface area contributed by atoms with Gasteiger partial charge in [-0.15, -0.1) is 0 Å². The van der Waals surface area contributed by atoms with Crippen LogP contribution in [-0.4, -0.2) is 51.8 Å². The molecule has 4 heterocycles. The molecule has 148 valence electrons. The minimum absolute atomic E-state index is 0.0686. The van der Waals surface area contributed by atoms with Crippen molar-refractivity contribution in [2.75, 3.05) is 13.1 Å². The molecular formula is C20H26BN3O4. The number of likely N-dealkylation sites (tertiary alicyclic amines) is 1. The van der Waals surface area contributed by atoms with E-state index in [9.17, 15) is 9.82 Å². The lowest BCUT2D eigenvalue weighted by molar-refractivity contribution is 0.0152. The summed E-state index contributed by atoms with van der Waals surface area (Å²) < 4.78 is 11.2. The second kappa shape index (κ2) is 6.85. The Morgan fingerprint density at radius 1 is 1.46 bits per heavy atom. The number of carbonyl (C=O) groups is 1. The third-order valence-electron chi connectivity index (χ3n) is 5.42. The molecule has 0 unspecified atom stereocenters. The van der Waals surface area contributed by atoms with Gasteiger partial charge in [-0.2, -0.15) is 0 Å². The Morgan fingerprint density at radius 2 is 2.25 bits per heavy atom. The number of carbonyl (C=O) groups excluding carboxylic acids is 1. The molecule has 8 heteroatoms. The summed E-state index contributed by atoms with van der Waals surface area (Å²) in [6.07, 6.45) is 4.07. The number of nitrogens with zero attached hydrogens (tertiary/aromatic N) is 2. The van der Waals surface area contributed by atoms with E-state index in [4.69, 9.17) is 9.39 Å². The van der Waals surface area contributed by atoms with Crippen molar-refractivity contribution in [3.05, 3.63) is 30.0 Å². The molecule has 2 aliphatic heterocycles. The van der Waals surface area contributed by atoms with Gasteiger partial charge in [-0.3, -0.25) is 0 Å². The fourth-order valence-corrected chi connectivity index (χ4v) is 4.05. The predicted octanol–water partition coefficient (Wildman–Crippen LogP) is 3.25. The minimum Gasteiger partial charge on any atom is -0.531 e. The van der Waals surface area contributed by atoms with Gasteiger partial charge in [0.05, 0.1) is 6.20 Å². The van der Waals surface area contributed by atoms with Crippen LogP contribution in [0.4, 0.5) is 4.79 Å². The lowest BCUT2D eigenvalue weighted by Gasteiger charge is -2.40. The standard InChI is InChI=1S/C20H26BN3O4/c1-12-6-8-24(19(25)27-20(2,3)4)11-15(12)14-9-21(26)28-16-10-23-18-13(17(14)16)5-7-22-18/h5,7,9-10,12,15,26H,6,8,11H2,1-4H3,(H,22,23)/t12-,15+/m0/s1. The van der Waals surface area contributed by atoms with Crippen molar-refractivity contribution in [2.45, 2.75) is 39.7 Å². The summed E-state index contributed by atoms with van der Waals surface area (Å²) >= 11 is 0. The third-order valence-corrected chi connectivity index (χ3v) is 5.42. The van der Waals surface area contributed by atoms with Crippen molar-refractivity contribution < 1.29 is 19.2 Å². The summed E-state index contributed by atoms with van der Waals surface area (Å²) in [5.74, 6) is 2.75. The highest BCUT2D eigenvalue weighted by atomic mass is 16.6. The number of hydrogen-bond acceptors (Lipinski definition) is 5. The first-order valence-corrected chi connectivity index (χ1v) is 9.74. The van der Waals surface area contributed by atoms with Crippen LogP contribution in [0, 0.1) is 11.8 Å². The van der Waals surface area contributed by atoms with Crippen molar-refractivity contribution in [3.63, 3.8) is 0 Å². The molecule has 0 spiro atoms. The Bertz CT molecular complexity index is 933. The van der Waals surface area contributed by atoms with E-state index in [1.54, 1.807) is 17.1 Å². The number of aromatic nitrogens is 2. The Kier molecular flexibility index (Phi) is 4.61. The van der Waals surface area contributed by atoms with Crippen LogP contribution < -0.4 is 4.65 Å². The van der Waals surface area contributed by atoms with Gasteiger partial charge in [0, 0.05) is 36.2 Å². The summed E-state index contributed by atoms with van der Waals surface area (Å²) in [5, 5.41) is 11.2. The predicted molar refractivity (Wildman–Crippen MR) is 108 cm³/mol. The van der Waals surface area contributed by atoms with Crippen molar-refractivity contribution in [1.29, 1.82) is 0 Å². The maximum atomic E-state index is 12.6. The minimum atomic E-state index is -1.02. The smallest absolute Gasteiger partial charge is 0.531 e. The van der Waals surface area contributed by atoms with Crippen molar-refractivity contribution >= 4 is 29.8 Å². The number of hydrogen-bond donors (Lipinski definition) is 2. The highest BCUT2D eigenvalue weighted by Gasteiger charge is 2.38. The summed E-state index contributed by atoms with van der Waals surface area (Å²) in [4.78, 5) is 21.9. The van der Waals surface area contributed by atoms with Gasteiger partial charge in [0.1, 0.15) is 17.0 Å². The highest BCUT2D eigenvalue weighted by Crippen LogP contribution is 2.43. The van der Waals surface area contributed by atoms with Gasteiger partial charge in [0.2, 0.25) is 0 Å². The Balaban J connectivity index is 1.69. The largest absolute Gasteiger partial charge is 0.552 e. The number of fused-ring (bicyclic) bond motifs is 3. The first kappa shape index (κ1) is 18.9. The van der Waals surface area contributed by atoms with Crippen LogP contribution in [0.3, 0.4) is 0 Å². The lowest BCUT2D eigenvalue weighted by Crippen LogP contribution is -2.46. The van der Waals surface area contributed by atoms with Crippen LogP contribution in [0.1, 0.15) is 39.7 Å². The zero-order chi connectivity index (χ0) is 20.1. The number of rotatable bonds is 1. The Morgan fingerprint density at radius 3 is 3.00 bits per heavy atom. The number of pyridine rings is 1. The molecule has 2 aromatic heterocycles. The normalized spacial score (nSPS) is 22.5. The lowest BCUT2D eigenvalue weighted by atomic mass is 9.72. The van der Waals surface area contributed by atoms with Crippen LogP contribution in [0.15, 0.2) is 24.4 Å². The Hall–Kier alpha value is -2.48. The second-order valence-electron chi connectivity index (χ2n) is 8.67. The molecule has 0 aromatic carbocycles. The first-order valence-electron chi connectivity index (χ1n) is 9.74. The molecule has 1 saturated heterocycles. The van der Waals surface area contributed by atoms with E-state index in [1.807, 2.05) is 33.0 Å². The number of piperidine rings is 1. The van der Waals surface area contributed by atoms with Crippen LogP contribution in [0.5, 0.6) is 5.75 Å². The SMILES string of the molecule is C[C@H]1CCN(C(=O)OC(C)(C)C)C[C@H]1C1=CB(O)Oc2cnc3[nH]ccc3c21. The summed E-state index contributed by atoms with van der Waals surface area (Å²) in [6, 6.07) is 1.97. The number of ether oxygens (including phenoxy) is 1. The molecular weight excluding hydrogens is 357 g/mol. The van der Waals surface area contributed by atoms with Gasteiger partial charge < -0.3 is 24.3 Å². The molecule has 0 saturated carbocycles. The van der Waals surface area contributed by atoms with Gasteiger partial charge in [0.15, 0.2) is 0 Å². The molecule has 28 heavy (non-hydrogen) atoms. The van der Waals surface area contributed by atoms with Gasteiger partial charge in [0.25, 0.3) is 0 Å². The average Bonchev–Trinajstić information content (AvgIpc) is 3.08. The molecule has 2 N–H and O–H groups in total. The second-order valence-corrected chi connectivity index (χ2v) is 8.67. The van der Waals surface area contributed by atoms with Gasteiger partial charge in [-0.1, -0.05) is 6.92 Å². The van der Waals surface area contributed by atoms with Crippen LogP contribution >= 0.6 is 0 Å². The topological polar surface area (TPSA) is 87.7 Å². The number of H-pyrrole nitrogens is 1. The molecule has 2 aromatic rings. The summed E-state index contributed by atoms with van der Waals surface area (Å²) in [5.41, 5.74) is 2.19. The van der Waals surface area contributed by atoms with Gasteiger partial charge in [-0.05, 0) is 50.7 Å². The quantitative estimate of drug-likeness (QED) is 0.739. The molecule has 4 rings (SSSR count). The van der Waals surface area contributed by atoms with E-state index in [2.05, 4.69) is 16.9 Å². The number of aromatic amines is 1. The molecule has 0 radical (unpaired) electrons. The van der Waals surface area contributed by atoms with Crippen LogP contribution in [0.25, 0.3) is 16.6 Å². The first-order chi connectivity index (χ1) is 13.2. The molecule has 0 bridgehead atoms. The molecule has 1 amide bonds. The van der Waals surface area contributed by atoms with E-state index in [0.717, 1.165) is 28.6 Å². The van der Waals surface area contributed by atoms with Crippen molar-refractivity contribution in [2.24, 2.45) is 11.8 Å². The van der Waals surface area contributed by atoms with Crippen LogP contribution in [0.2, 0.25) is 0 Å². The summed E-state index contributed by atoms with van der Waals surface area (Å²) in [7, 11) is -1.02. The molecule has 2 atom stereocenters. The van der Waals surface area contributed by atoms with E-state index in [1.165, 1.54) is 0 Å². The van der Waals surface area contributed by atoms with Crippen LogP contribution in [-0.2, 0) is 4.74 Å². The average molecular weight is 383 g/mol. The van der Waals surface area contributed by atoms with E-state index in [-0.39, 0.29) is 12.0 Å². The fourth-order valence-electron chi connectivity index (χ4n) is 4.05. The number of nitrogens with one attached hydrogen (secondary N) is 1. The zero-order valence-electron chi connectivity index (χ0n) is 16.7. The fraction of sp³-hybridized carbons (Fsp3) is 0.500.